The summed E-state index contributed by atoms with van der Waals surface area (Å²) in [7, 11) is -3.52. The topological polar surface area (TPSA) is 55.4 Å². The van der Waals surface area contributed by atoms with Crippen LogP contribution < -0.4 is 4.72 Å². The van der Waals surface area contributed by atoms with Gasteiger partial charge in [-0.15, -0.1) is 0 Å². The summed E-state index contributed by atoms with van der Waals surface area (Å²) in [5.74, 6) is 0. The van der Waals surface area contributed by atoms with E-state index in [9.17, 15) is 8.42 Å². The van der Waals surface area contributed by atoms with Crippen LogP contribution in [0.15, 0.2) is 59.5 Å². The van der Waals surface area contributed by atoms with E-state index >= 15 is 0 Å². The van der Waals surface area contributed by atoms with Gasteiger partial charge in [0.05, 0.1) is 17.1 Å². The van der Waals surface area contributed by atoms with Crippen LogP contribution >= 0.6 is 0 Å². The molecule has 0 amide bonds. The highest BCUT2D eigenvalue weighted by Crippen LogP contribution is 2.15. The maximum atomic E-state index is 12.3. The molecule has 0 saturated heterocycles. The Balaban J connectivity index is 1.93. The van der Waals surface area contributed by atoms with Gasteiger partial charge in [-0.2, -0.15) is 0 Å². The van der Waals surface area contributed by atoms with Gasteiger partial charge >= 0.3 is 0 Å². The Morgan fingerprint density at radius 2 is 1.61 bits per heavy atom. The Bertz CT molecular complexity index is 723. The first kappa shape index (κ1) is 17.7. The van der Waals surface area contributed by atoms with E-state index in [1.165, 1.54) is 0 Å². The maximum absolute atomic E-state index is 12.3. The Labute approximate surface area is 138 Å². The van der Waals surface area contributed by atoms with Gasteiger partial charge in [-0.05, 0) is 38.5 Å². The molecule has 5 heteroatoms. The molecule has 2 rings (SSSR count). The molecule has 2 aromatic rings. The third-order valence-electron chi connectivity index (χ3n) is 3.49. The van der Waals surface area contributed by atoms with Gasteiger partial charge in [0, 0.05) is 6.54 Å². The van der Waals surface area contributed by atoms with Crippen molar-refractivity contribution in [2.75, 3.05) is 6.54 Å². The first-order valence-electron chi connectivity index (χ1n) is 7.53. The van der Waals surface area contributed by atoms with Gasteiger partial charge in [-0.1, -0.05) is 48.0 Å². The number of hydrogen-bond acceptors (Lipinski definition) is 3. The van der Waals surface area contributed by atoms with Crippen molar-refractivity contribution in [1.29, 1.82) is 0 Å². The third kappa shape index (κ3) is 5.46. The Morgan fingerprint density at radius 3 is 2.22 bits per heavy atom. The van der Waals surface area contributed by atoms with Crippen LogP contribution in [0, 0.1) is 6.92 Å². The van der Waals surface area contributed by atoms with Crippen molar-refractivity contribution < 1.29 is 13.2 Å². The van der Waals surface area contributed by atoms with Crippen LogP contribution in [0.2, 0.25) is 0 Å². The molecule has 0 aliphatic heterocycles. The number of ether oxygens (including phenoxy) is 1. The minimum Gasteiger partial charge on any atom is -0.370 e. The summed E-state index contributed by atoms with van der Waals surface area (Å²) in [5.41, 5.74) is 1.48. The second-order valence-corrected chi connectivity index (χ2v) is 7.94. The zero-order chi connectivity index (χ0) is 16.9. The lowest BCUT2D eigenvalue weighted by atomic mass is 10.1. The first-order chi connectivity index (χ1) is 10.8. The fourth-order valence-corrected chi connectivity index (χ4v) is 3.17. The highest BCUT2D eigenvalue weighted by molar-refractivity contribution is 7.89. The van der Waals surface area contributed by atoms with Crippen LogP contribution in [0.4, 0.5) is 0 Å². The minimum absolute atomic E-state index is 0.204. The van der Waals surface area contributed by atoms with E-state index in [0.29, 0.717) is 6.61 Å². The van der Waals surface area contributed by atoms with Crippen molar-refractivity contribution in [2.45, 2.75) is 37.9 Å². The number of benzene rings is 2. The van der Waals surface area contributed by atoms with Crippen molar-refractivity contribution in [1.82, 2.24) is 4.72 Å². The summed E-state index contributed by atoms with van der Waals surface area (Å²) in [6, 6.07) is 16.6. The van der Waals surface area contributed by atoms with Gasteiger partial charge in [-0.3, -0.25) is 0 Å². The monoisotopic (exact) mass is 333 g/mol. The number of rotatable bonds is 7. The average Bonchev–Trinajstić information content (AvgIpc) is 2.53. The van der Waals surface area contributed by atoms with Crippen LogP contribution in [-0.4, -0.2) is 20.6 Å². The molecule has 0 aliphatic rings. The van der Waals surface area contributed by atoms with Crippen LogP contribution in [0.1, 0.15) is 25.0 Å². The van der Waals surface area contributed by atoms with Crippen LogP contribution in [0.5, 0.6) is 0 Å². The molecule has 2 aromatic carbocycles. The lowest BCUT2D eigenvalue weighted by Gasteiger charge is -2.25. The molecule has 0 unspecified atom stereocenters. The molecular weight excluding hydrogens is 310 g/mol. The van der Waals surface area contributed by atoms with E-state index < -0.39 is 15.6 Å². The summed E-state index contributed by atoms with van der Waals surface area (Å²) in [6.07, 6.45) is 0. The summed E-state index contributed by atoms with van der Waals surface area (Å²) < 4.78 is 33.1. The van der Waals surface area contributed by atoms with Crippen LogP contribution in [-0.2, 0) is 21.4 Å². The molecule has 0 saturated carbocycles. The molecule has 0 fully saturated rings. The van der Waals surface area contributed by atoms with Crippen molar-refractivity contribution in [2.24, 2.45) is 0 Å². The normalized spacial score (nSPS) is 12.3. The molecule has 0 atom stereocenters. The molecule has 23 heavy (non-hydrogen) atoms. The SMILES string of the molecule is Cc1ccc(S(=O)(=O)NCC(C)(C)OCc2ccccc2)cc1. The fourth-order valence-electron chi connectivity index (χ4n) is 1.97. The Kier molecular flexibility index (Phi) is 5.57. The standard InChI is InChI=1S/C18H23NO3S/c1-15-9-11-17(12-10-15)23(20,21)19-14-18(2,3)22-13-16-7-5-4-6-8-16/h4-12,19H,13-14H2,1-3H3. The van der Waals surface area contributed by atoms with Crippen molar-refractivity contribution in [3.63, 3.8) is 0 Å². The highest BCUT2D eigenvalue weighted by atomic mass is 32.2. The van der Waals surface area contributed by atoms with Gasteiger partial charge in [0.25, 0.3) is 0 Å². The van der Waals surface area contributed by atoms with Gasteiger partial charge in [0.2, 0.25) is 10.0 Å². The van der Waals surface area contributed by atoms with Crippen LogP contribution in [0.3, 0.4) is 0 Å². The van der Waals surface area contributed by atoms with E-state index in [1.807, 2.05) is 51.1 Å². The fraction of sp³-hybridized carbons (Fsp3) is 0.333. The van der Waals surface area contributed by atoms with E-state index in [1.54, 1.807) is 24.3 Å². The third-order valence-corrected chi connectivity index (χ3v) is 4.91. The van der Waals surface area contributed by atoms with Gasteiger partial charge in [0.1, 0.15) is 0 Å². The van der Waals surface area contributed by atoms with E-state index in [-0.39, 0.29) is 11.4 Å². The van der Waals surface area contributed by atoms with Gasteiger partial charge in [0.15, 0.2) is 0 Å². The number of aryl methyl sites for hydroxylation is 1. The predicted octanol–water partition coefficient (Wildman–Crippen LogP) is 3.27. The van der Waals surface area contributed by atoms with E-state index in [2.05, 4.69) is 4.72 Å². The largest absolute Gasteiger partial charge is 0.370 e. The zero-order valence-corrected chi connectivity index (χ0v) is 14.6. The van der Waals surface area contributed by atoms with Gasteiger partial charge in [-0.25, -0.2) is 13.1 Å². The van der Waals surface area contributed by atoms with Crippen molar-refractivity contribution in [3.05, 3.63) is 65.7 Å². The average molecular weight is 333 g/mol. The quantitative estimate of drug-likeness (QED) is 0.846. The molecule has 0 bridgehead atoms. The highest BCUT2D eigenvalue weighted by Gasteiger charge is 2.23. The van der Waals surface area contributed by atoms with Crippen LogP contribution in [0.25, 0.3) is 0 Å². The second kappa shape index (κ2) is 7.25. The Morgan fingerprint density at radius 1 is 1.00 bits per heavy atom. The number of hydrogen-bond donors (Lipinski definition) is 1. The van der Waals surface area contributed by atoms with E-state index in [4.69, 9.17) is 4.74 Å². The lowest BCUT2D eigenvalue weighted by Crippen LogP contribution is -2.40. The van der Waals surface area contributed by atoms with Crippen molar-refractivity contribution in [3.8, 4) is 0 Å². The predicted molar refractivity (Wildman–Crippen MR) is 91.7 cm³/mol. The summed E-state index contributed by atoms with van der Waals surface area (Å²) in [5, 5.41) is 0. The number of nitrogens with one attached hydrogen (secondary N) is 1. The summed E-state index contributed by atoms with van der Waals surface area (Å²) >= 11 is 0. The lowest BCUT2D eigenvalue weighted by molar-refractivity contribution is -0.0246. The molecule has 0 aliphatic carbocycles. The number of sulfonamides is 1. The first-order valence-corrected chi connectivity index (χ1v) is 9.01. The molecule has 0 aromatic heterocycles. The molecular formula is C18H23NO3S. The maximum Gasteiger partial charge on any atom is 0.240 e. The smallest absolute Gasteiger partial charge is 0.240 e. The molecule has 0 spiro atoms. The molecule has 124 valence electrons. The summed E-state index contributed by atoms with van der Waals surface area (Å²) in [4.78, 5) is 0.266. The van der Waals surface area contributed by atoms with Gasteiger partial charge < -0.3 is 4.74 Å². The molecule has 1 N–H and O–H groups in total. The molecule has 0 radical (unpaired) electrons. The second-order valence-electron chi connectivity index (χ2n) is 6.17. The van der Waals surface area contributed by atoms with Crippen molar-refractivity contribution >= 4 is 10.0 Å². The zero-order valence-electron chi connectivity index (χ0n) is 13.7. The minimum atomic E-state index is -3.52. The Hall–Kier alpha value is -1.69. The summed E-state index contributed by atoms with van der Waals surface area (Å²) in [6.45, 7) is 6.31. The molecule has 0 heterocycles. The molecule has 4 nitrogen and oxygen atoms in total. The van der Waals surface area contributed by atoms with E-state index in [0.717, 1.165) is 11.1 Å².